The number of hydrogen-bond donors (Lipinski definition) is 1. The van der Waals surface area contributed by atoms with E-state index in [0.717, 1.165) is 19.4 Å². The van der Waals surface area contributed by atoms with Gasteiger partial charge in [0.05, 0.1) is 29.9 Å². The van der Waals surface area contributed by atoms with E-state index in [2.05, 4.69) is 4.90 Å². The van der Waals surface area contributed by atoms with Crippen molar-refractivity contribution in [2.75, 3.05) is 19.7 Å². The van der Waals surface area contributed by atoms with Crippen molar-refractivity contribution in [2.24, 2.45) is 5.92 Å². The lowest BCUT2D eigenvalue weighted by Crippen LogP contribution is -2.39. The van der Waals surface area contributed by atoms with Gasteiger partial charge in [-0.15, -0.1) is 0 Å². The molecule has 1 unspecified atom stereocenters. The van der Waals surface area contributed by atoms with Crippen LogP contribution in [0.15, 0.2) is 40.7 Å². The Kier molecular flexibility index (Phi) is 5.40. The molecule has 2 aromatic rings. The molecule has 4 rings (SSSR count). The van der Waals surface area contributed by atoms with Crippen molar-refractivity contribution in [2.45, 2.75) is 26.3 Å². The maximum atomic E-state index is 12.7. The van der Waals surface area contributed by atoms with Gasteiger partial charge < -0.3 is 19.0 Å². The zero-order valence-electron chi connectivity index (χ0n) is 16.2. The molecule has 0 spiro atoms. The fourth-order valence-electron chi connectivity index (χ4n) is 3.83. The second-order valence-corrected chi connectivity index (χ2v) is 7.22. The highest BCUT2D eigenvalue weighted by molar-refractivity contribution is 6.14. The lowest BCUT2D eigenvalue weighted by atomic mass is 9.97. The Bertz CT molecular complexity index is 946. The molecule has 1 atom stereocenters. The van der Waals surface area contributed by atoms with E-state index >= 15 is 0 Å². The van der Waals surface area contributed by atoms with E-state index in [1.54, 1.807) is 31.2 Å². The Morgan fingerprint density at radius 3 is 3.00 bits per heavy atom. The fourth-order valence-corrected chi connectivity index (χ4v) is 3.83. The number of carbonyl (C=O) groups is 2. The standard InChI is InChI=1S/C22H23NO6/c1-2-27-22(26)14-5-3-9-23(12-14)13-17-18(24)8-7-16-20(25)19(29-21(16)17)11-15-6-4-10-28-15/h4,6-8,10-11,14,24H,2-3,5,9,12-13H2,1H3/b19-11-. The average Bonchev–Trinajstić information content (AvgIpc) is 3.33. The smallest absolute Gasteiger partial charge is 0.310 e. The molecule has 0 saturated carbocycles. The Balaban J connectivity index is 1.56. The van der Waals surface area contributed by atoms with Crippen LogP contribution in [0.2, 0.25) is 0 Å². The summed E-state index contributed by atoms with van der Waals surface area (Å²) in [5.41, 5.74) is 0.956. The topological polar surface area (TPSA) is 89.2 Å². The second-order valence-electron chi connectivity index (χ2n) is 7.22. The van der Waals surface area contributed by atoms with Gasteiger partial charge in [0.15, 0.2) is 5.76 Å². The van der Waals surface area contributed by atoms with Crippen LogP contribution in [-0.4, -0.2) is 41.5 Å². The van der Waals surface area contributed by atoms with Gasteiger partial charge in [0.1, 0.15) is 17.3 Å². The molecule has 152 valence electrons. The summed E-state index contributed by atoms with van der Waals surface area (Å²) in [7, 11) is 0. The number of ketones is 1. The molecule has 0 aliphatic carbocycles. The van der Waals surface area contributed by atoms with Crippen molar-refractivity contribution < 1.29 is 28.6 Å². The summed E-state index contributed by atoms with van der Waals surface area (Å²) in [4.78, 5) is 26.9. The van der Waals surface area contributed by atoms with Crippen molar-refractivity contribution in [3.8, 4) is 11.5 Å². The van der Waals surface area contributed by atoms with Crippen LogP contribution < -0.4 is 4.74 Å². The van der Waals surface area contributed by atoms with E-state index < -0.39 is 0 Å². The summed E-state index contributed by atoms with van der Waals surface area (Å²) in [6, 6.07) is 6.54. The lowest BCUT2D eigenvalue weighted by molar-refractivity contribution is -0.150. The number of ether oxygens (including phenoxy) is 2. The highest BCUT2D eigenvalue weighted by atomic mass is 16.5. The first-order chi connectivity index (χ1) is 14.1. The molecule has 7 nitrogen and oxygen atoms in total. The van der Waals surface area contributed by atoms with Gasteiger partial charge in [0.2, 0.25) is 5.78 Å². The number of esters is 1. The first-order valence-corrected chi connectivity index (χ1v) is 9.78. The molecule has 1 saturated heterocycles. The molecule has 0 radical (unpaired) electrons. The van der Waals surface area contributed by atoms with E-state index in [1.807, 2.05) is 0 Å². The Morgan fingerprint density at radius 1 is 1.38 bits per heavy atom. The van der Waals surface area contributed by atoms with Crippen LogP contribution in [0.4, 0.5) is 0 Å². The number of benzene rings is 1. The monoisotopic (exact) mass is 397 g/mol. The van der Waals surface area contributed by atoms with E-state index in [4.69, 9.17) is 13.9 Å². The van der Waals surface area contributed by atoms with Crippen LogP contribution in [0.25, 0.3) is 6.08 Å². The van der Waals surface area contributed by atoms with Crippen molar-refractivity contribution in [3.05, 3.63) is 53.2 Å². The largest absolute Gasteiger partial charge is 0.507 e. The summed E-state index contributed by atoms with van der Waals surface area (Å²) in [6.07, 6.45) is 4.72. The molecule has 1 aromatic heterocycles. The number of Topliss-reactive ketones (excluding diaryl/α,β-unsaturated/α-hetero) is 1. The average molecular weight is 397 g/mol. The number of nitrogens with zero attached hydrogens (tertiary/aromatic N) is 1. The van der Waals surface area contributed by atoms with E-state index in [-0.39, 0.29) is 29.2 Å². The number of likely N-dealkylation sites (tertiary alicyclic amines) is 1. The summed E-state index contributed by atoms with van der Waals surface area (Å²) in [5, 5.41) is 10.4. The van der Waals surface area contributed by atoms with Gasteiger partial charge in [-0.2, -0.15) is 0 Å². The van der Waals surface area contributed by atoms with Crippen molar-refractivity contribution >= 4 is 17.8 Å². The second kappa shape index (κ2) is 8.13. The normalized spacial score (nSPS) is 20.5. The maximum absolute atomic E-state index is 12.7. The van der Waals surface area contributed by atoms with Crippen LogP contribution in [0.3, 0.4) is 0 Å². The number of aromatic hydroxyl groups is 1. The van der Waals surface area contributed by atoms with Gasteiger partial charge in [-0.25, -0.2) is 0 Å². The summed E-state index contributed by atoms with van der Waals surface area (Å²) in [6.45, 7) is 3.88. The molecule has 1 aromatic carbocycles. The van der Waals surface area contributed by atoms with E-state index in [1.165, 1.54) is 12.3 Å². The highest BCUT2D eigenvalue weighted by Crippen LogP contribution is 2.40. The van der Waals surface area contributed by atoms with Crippen molar-refractivity contribution in [1.82, 2.24) is 4.90 Å². The quantitative estimate of drug-likeness (QED) is 0.611. The number of rotatable bonds is 5. The summed E-state index contributed by atoms with van der Waals surface area (Å²) >= 11 is 0. The van der Waals surface area contributed by atoms with Gasteiger partial charge in [0, 0.05) is 19.2 Å². The van der Waals surface area contributed by atoms with Crippen LogP contribution in [0.1, 0.15) is 41.4 Å². The third kappa shape index (κ3) is 3.91. The molecular weight excluding hydrogens is 374 g/mol. The lowest BCUT2D eigenvalue weighted by Gasteiger charge is -2.31. The first kappa shape index (κ1) is 19.3. The third-order valence-corrected chi connectivity index (χ3v) is 5.24. The molecule has 0 bridgehead atoms. The number of furan rings is 1. The number of piperidine rings is 1. The zero-order chi connectivity index (χ0) is 20.4. The molecule has 7 heteroatoms. The van der Waals surface area contributed by atoms with E-state index in [0.29, 0.717) is 42.3 Å². The highest BCUT2D eigenvalue weighted by Gasteiger charge is 2.33. The molecule has 2 aliphatic heterocycles. The summed E-state index contributed by atoms with van der Waals surface area (Å²) < 4.78 is 16.2. The van der Waals surface area contributed by atoms with Gasteiger partial charge in [-0.05, 0) is 50.6 Å². The predicted molar refractivity (Wildman–Crippen MR) is 104 cm³/mol. The maximum Gasteiger partial charge on any atom is 0.310 e. The van der Waals surface area contributed by atoms with Crippen LogP contribution >= 0.6 is 0 Å². The van der Waals surface area contributed by atoms with Crippen LogP contribution in [-0.2, 0) is 16.1 Å². The zero-order valence-corrected chi connectivity index (χ0v) is 16.2. The predicted octanol–water partition coefficient (Wildman–Crippen LogP) is 3.38. The minimum absolute atomic E-state index is 0.0639. The number of phenolic OH excluding ortho intramolecular Hbond substituents is 1. The van der Waals surface area contributed by atoms with Gasteiger partial charge >= 0.3 is 5.97 Å². The number of carbonyl (C=O) groups excluding carboxylic acids is 2. The van der Waals surface area contributed by atoms with Crippen LogP contribution in [0.5, 0.6) is 11.5 Å². The molecule has 1 fully saturated rings. The van der Waals surface area contributed by atoms with Crippen LogP contribution in [0, 0.1) is 5.92 Å². The Hall–Kier alpha value is -3.06. The molecular formula is C22H23NO6. The SMILES string of the molecule is CCOC(=O)C1CCCN(Cc2c(O)ccc3c2O/C(=C\c2ccco2)C3=O)C1. The van der Waals surface area contributed by atoms with Gasteiger partial charge in [0.25, 0.3) is 0 Å². The van der Waals surface area contributed by atoms with Crippen molar-refractivity contribution in [1.29, 1.82) is 0 Å². The van der Waals surface area contributed by atoms with Crippen molar-refractivity contribution in [3.63, 3.8) is 0 Å². The molecule has 29 heavy (non-hydrogen) atoms. The Labute approximate surface area is 168 Å². The van der Waals surface area contributed by atoms with E-state index in [9.17, 15) is 14.7 Å². The number of fused-ring (bicyclic) bond motifs is 1. The minimum atomic E-state index is -0.249. The number of phenols is 1. The van der Waals surface area contributed by atoms with Gasteiger partial charge in [-0.3, -0.25) is 14.5 Å². The molecule has 2 aliphatic rings. The van der Waals surface area contributed by atoms with Gasteiger partial charge in [-0.1, -0.05) is 0 Å². The Morgan fingerprint density at radius 2 is 2.24 bits per heavy atom. The summed E-state index contributed by atoms with van der Waals surface area (Å²) in [5.74, 6) is 0.486. The molecule has 1 N–H and O–H groups in total. The third-order valence-electron chi connectivity index (χ3n) is 5.24. The first-order valence-electron chi connectivity index (χ1n) is 9.78. The molecule has 3 heterocycles. The minimum Gasteiger partial charge on any atom is -0.507 e. The molecule has 0 amide bonds. The number of allylic oxidation sites excluding steroid dienone is 1. The number of hydrogen-bond acceptors (Lipinski definition) is 7. The fraction of sp³-hybridized carbons (Fsp3) is 0.364.